The van der Waals surface area contributed by atoms with Crippen molar-refractivity contribution in [3.8, 4) is 0 Å². The van der Waals surface area contributed by atoms with E-state index in [9.17, 15) is 4.39 Å². The largest absolute Gasteiger partial charge is 0.394 e. The van der Waals surface area contributed by atoms with Gasteiger partial charge in [0, 0.05) is 12.2 Å². The molecule has 13 heavy (non-hydrogen) atoms. The summed E-state index contributed by atoms with van der Waals surface area (Å²) >= 11 is 0. The van der Waals surface area contributed by atoms with Gasteiger partial charge in [0.1, 0.15) is 5.82 Å². The molecule has 0 aliphatic heterocycles. The van der Waals surface area contributed by atoms with Crippen LogP contribution in [0.1, 0.15) is 0 Å². The smallest absolute Gasteiger partial charge is 0.125 e. The Kier molecular flexibility index (Phi) is 3.67. The second kappa shape index (κ2) is 4.79. The number of halogens is 1. The predicted octanol–water partition coefficient (Wildman–Crippen LogP) is 0.591. The van der Waals surface area contributed by atoms with E-state index in [2.05, 4.69) is 5.32 Å². The maximum absolute atomic E-state index is 12.6. The van der Waals surface area contributed by atoms with Gasteiger partial charge in [0.05, 0.1) is 12.7 Å². The van der Waals surface area contributed by atoms with Crippen LogP contribution in [0.3, 0.4) is 0 Å². The van der Waals surface area contributed by atoms with Gasteiger partial charge in [-0.2, -0.15) is 0 Å². The molecule has 3 nitrogen and oxygen atoms in total. The van der Waals surface area contributed by atoms with E-state index in [1.165, 1.54) is 12.1 Å². The maximum Gasteiger partial charge on any atom is 0.125 e. The van der Waals surface area contributed by atoms with Crippen molar-refractivity contribution in [3.63, 3.8) is 0 Å². The number of aliphatic hydroxyl groups is 2. The van der Waals surface area contributed by atoms with Crippen molar-refractivity contribution >= 4 is 5.69 Å². The van der Waals surface area contributed by atoms with E-state index in [1.54, 1.807) is 12.1 Å². The van der Waals surface area contributed by atoms with E-state index in [0.717, 1.165) is 0 Å². The maximum atomic E-state index is 12.6. The number of nitrogens with one attached hydrogen (secondary N) is 1. The zero-order valence-electron chi connectivity index (χ0n) is 7.07. The molecule has 0 saturated heterocycles. The van der Waals surface area contributed by atoms with Crippen LogP contribution < -0.4 is 5.32 Å². The molecule has 0 aliphatic rings. The average Bonchev–Trinajstić information content (AvgIpc) is 2.14. The van der Waals surface area contributed by atoms with Crippen LogP contribution in [0.25, 0.3) is 0 Å². The molecular weight excluding hydrogens is 173 g/mol. The van der Waals surface area contributed by atoms with Crippen molar-refractivity contribution < 1.29 is 14.6 Å². The molecule has 0 fully saturated rings. The van der Waals surface area contributed by atoms with Crippen LogP contribution in [0.15, 0.2) is 24.3 Å². The topological polar surface area (TPSA) is 52.5 Å². The summed E-state index contributed by atoms with van der Waals surface area (Å²) in [7, 11) is 0. The molecule has 4 heteroatoms. The molecule has 1 rings (SSSR count). The van der Waals surface area contributed by atoms with Crippen LogP contribution >= 0.6 is 0 Å². The lowest BCUT2D eigenvalue weighted by atomic mass is 10.3. The van der Waals surface area contributed by atoms with Crippen molar-refractivity contribution in [2.75, 3.05) is 18.5 Å². The van der Waals surface area contributed by atoms with E-state index in [4.69, 9.17) is 10.2 Å². The van der Waals surface area contributed by atoms with Gasteiger partial charge in [-0.1, -0.05) is 6.07 Å². The number of rotatable bonds is 4. The molecule has 1 aromatic rings. The van der Waals surface area contributed by atoms with Gasteiger partial charge in [-0.15, -0.1) is 0 Å². The van der Waals surface area contributed by atoms with Gasteiger partial charge in [0.25, 0.3) is 0 Å². The Morgan fingerprint density at radius 2 is 2.23 bits per heavy atom. The molecule has 1 unspecified atom stereocenters. The Bertz CT molecular complexity index is 268. The molecule has 0 amide bonds. The lowest BCUT2D eigenvalue weighted by Gasteiger charge is -2.09. The highest BCUT2D eigenvalue weighted by Gasteiger charge is 2.01. The zero-order valence-corrected chi connectivity index (χ0v) is 7.07. The summed E-state index contributed by atoms with van der Waals surface area (Å²) in [6.07, 6.45) is -0.816. The summed E-state index contributed by atoms with van der Waals surface area (Å²) < 4.78 is 12.6. The van der Waals surface area contributed by atoms with Gasteiger partial charge in [0.15, 0.2) is 0 Å². The SMILES string of the molecule is OCC(O)CNc1cccc(F)c1. The van der Waals surface area contributed by atoms with Gasteiger partial charge >= 0.3 is 0 Å². The third-order valence-electron chi connectivity index (χ3n) is 1.58. The molecule has 1 atom stereocenters. The van der Waals surface area contributed by atoms with Gasteiger partial charge in [-0.25, -0.2) is 4.39 Å². The average molecular weight is 185 g/mol. The molecule has 72 valence electrons. The van der Waals surface area contributed by atoms with Gasteiger partial charge in [-0.3, -0.25) is 0 Å². The van der Waals surface area contributed by atoms with E-state index < -0.39 is 6.10 Å². The zero-order chi connectivity index (χ0) is 9.68. The third-order valence-corrected chi connectivity index (χ3v) is 1.58. The summed E-state index contributed by atoms with van der Waals surface area (Å²) in [4.78, 5) is 0. The fourth-order valence-corrected chi connectivity index (χ4v) is 0.899. The summed E-state index contributed by atoms with van der Waals surface area (Å²) in [5, 5.41) is 20.3. The molecule has 0 heterocycles. The molecule has 0 bridgehead atoms. The standard InChI is InChI=1S/C9H12FNO2/c10-7-2-1-3-8(4-7)11-5-9(13)6-12/h1-4,9,11-13H,5-6H2. The molecule has 0 saturated carbocycles. The van der Waals surface area contributed by atoms with Crippen LogP contribution in [0.2, 0.25) is 0 Å². The van der Waals surface area contributed by atoms with Crippen molar-refractivity contribution in [1.82, 2.24) is 0 Å². The Labute approximate surface area is 75.8 Å². The van der Waals surface area contributed by atoms with E-state index in [0.29, 0.717) is 5.69 Å². The summed E-state index contributed by atoms with van der Waals surface area (Å²) in [5.74, 6) is -0.330. The number of hydrogen-bond donors (Lipinski definition) is 3. The first-order valence-corrected chi connectivity index (χ1v) is 4.00. The quantitative estimate of drug-likeness (QED) is 0.643. The summed E-state index contributed by atoms with van der Waals surface area (Å²) in [5.41, 5.74) is 0.590. The molecule has 0 aromatic heterocycles. The summed E-state index contributed by atoms with van der Waals surface area (Å²) in [6, 6.07) is 5.92. The lowest BCUT2D eigenvalue weighted by Crippen LogP contribution is -2.22. The number of hydrogen-bond acceptors (Lipinski definition) is 3. The number of aliphatic hydroxyl groups excluding tert-OH is 2. The first-order chi connectivity index (χ1) is 6.22. The fourth-order valence-electron chi connectivity index (χ4n) is 0.899. The molecule has 3 N–H and O–H groups in total. The number of benzene rings is 1. The van der Waals surface area contributed by atoms with Crippen molar-refractivity contribution in [2.45, 2.75) is 6.10 Å². The molecular formula is C9H12FNO2. The van der Waals surface area contributed by atoms with Crippen LogP contribution in [-0.2, 0) is 0 Å². The molecule has 1 aromatic carbocycles. The van der Waals surface area contributed by atoms with E-state index in [1.807, 2.05) is 0 Å². The fraction of sp³-hybridized carbons (Fsp3) is 0.333. The summed E-state index contributed by atoms with van der Waals surface area (Å²) in [6.45, 7) is -0.0950. The van der Waals surface area contributed by atoms with Crippen molar-refractivity contribution in [1.29, 1.82) is 0 Å². The highest BCUT2D eigenvalue weighted by atomic mass is 19.1. The Hall–Kier alpha value is -1.13. The molecule has 0 aliphatic carbocycles. The first-order valence-electron chi connectivity index (χ1n) is 4.00. The first kappa shape index (κ1) is 9.95. The Morgan fingerprint density at radius 3 is 2.85 bits per heavy atom. The minimum Gasteiger partial charge on any atom is -0.394 e. The van der Waals surface area contributed by atoms with Crippen LogP contribution in [0.4, 0.5) is 10.1 Å². The minimum absolute atomic E-state index is 0.208. The number of anilines is 1. The Balaban J connectivity index is 2.45. The van der Waals surface area contributed by atoms with E-state index >= 15 is 0 Å². The second-order valence-electron chi connectivity index (χ2n) is 2.73. The van der Waals surface area contributed by atoms with Crippen LogP contribution in [0.5, 0.6) is 0 Å². The van der Waals surface area contributed by atoms with Gasteiger partial charge < -0.3 is 15.5 Å². The van der Waals surface area contributed by atoms with Gasteiger partial charge in [-0.05, 0) is 18.2 Å². The highest BCUT2D eigenvalue weighted by Crippen LogP contribution is 2.08. The van der Waals surface area contributed by atoms with Gasteiger partial charge in [0.2, 0.25) is 0 Å². The monoisotopic (exact) mass is 185 g/mol. The molecule has 0 radical (unpaired) electrons. The highest BCUT2D eigenvalue weighted by molar-refractivity contribution is 5.43. The lowest BCUT2D eigenvalue weighted by molar-refractivity contribution is 0.105. The molecule has 0 spiro atoms. The predicted molar refractivity (Wildman–Crippen MR) is 48.0 cm³/mol. The Morgan fingerprint density at radius 1 is 1.46 bits per heavy atom. The van der Waals surface area contributed by atoms with Crippen molar-refractivity contribution in [3.05, 3.63) is 30.1 Å². The second-order valence-corrected chi connectivity index (χ2v) is 2.73. The van der Waals surface area contributed by atoms with E-state index in [-0.39, 0.29) is 19.0 Å². The van der Waals surface area contributed by atoms with Crippen LogP contribution in [0, 0.1) is 5.82 Å². The normalized spacial score (nSPS) is 12.5. The van der Waals surface area contributed by atoms with Crippen LogP contribution in [-0.4, -0.2) is 29.5 Å². The van der Waals surface area contributed by atoms with Crippen molar-refractivity contribution in [2.24, 2.45) is 0 Å². The minimum atomic E-state index is -0.816. The third kappa shape index (κ3) is 3.40.